The zero-order valence-corrected chi connectivity index (χ0v) is 13.8. The summed E-state index contributed by atoms with van der Waals surface area (Å²) in [6.45, 7) is 3.06. The van der Waals surface area contributed by atoms with E-state index in [1.807, 2.05) is 6.92 Å². The van der Waals surface area contributed by atoms with Gasteiger partial charge in [-0.3, -0.25) is 9.59 Å². The fraction of sp³-hybridized carbons (Fsp3) is 0.429. The summed E-state index contributed by atoms with van der Waals surface area (Å²) in [5.41, 5.74) is 0.500. The van der Waals surface area contributed by atoms with E-state index < -0.39 is 28.2 Å². The van der Waals surface area contributed by atoms with Gasteiger partial charge in [-0.05, 0) is 31.5 Å². The highest BCUT2D eigenvalue weighted by Gasteiger charge is 2.69. The molecule has 7 heteroatoms. The van der Waals surface area contributed by atoms with E-state index in [0.717, 1.165) is 5.56 Å². The van der Waals surface area contributed by atoms with Crippen LogP contribution in [0.15, 0.2) is 18.2 Å². The number of halogens is 3. The van der Waals surface area contributed by atoms with Crippen LogP contribution in [0, 0.1) is 12.3 Å². The molecule has 0 aromatic heterocycles. The monoisotopic (exact) mass is 349 g/mol. The highest BCUT2D eigenvalue weighted by Crippen LogP contribution is 2.64. The molecule has 0 aliphatic heterocycles. The van der Waals surface area contributed by atoms with Gasteiger partial charge in [0.05, 0.1) is 0 Å². The molecule has 1 aromatic carbocycles. The van der Waals surface area contributed by atoms with Crippen molar-refractivity contribution in [2.24, 2.45) is 5.41 Å². The van der Waals surface area contributed by atoms with E-state index in [1.54, 1.807) is 25.1 Å². The Morgan fingerprint density at radius 2 is 2.00 bits per heavy atom. The molecule has 1 aliphatic carbocycles. The zero-order valence-electron chi connectivity index (χ0n) is 11.5. The molecule has 1 atom stereocenters. The van der Waals surface area contributed by atoms with Crippen molar-refractivity contribution in [3.8, 4) is 0 Å². The van der Waals surface area contributed by atoms with Crippen molar-refractivity contribution in [2.45, 2.75) is 24.6 Å². The number of aryl methyl sites for hydroxylation is 1. The van der Waals surface area contributed by atoms with E-state index in [2.05, 4.69) is 5.32 Å². The van der Waals surface area contributed by atoms with Crippen LogP contribution >= 0.6 is 34.8 Å². The largest absolute Gasteiger partial charge is 0.455 e. The van der Waals surface area contributed by atoms with Gasteiger partial charge < -0.3 is 10.1 Å². The molecule has 0 unspecified atom stereocenters. The summed E-state index contributed by atoms with van der Waals surface area (Å²) in [7, 11) is 0. The SMILES string of the molecule is Cc1ccc(NC(=O)COC(=O)[C@]2(C)CC2(Cl)Cl)cc1Cl. The molecule has 0 saturated heterocycles. The van der Waals surface area contributed by atoms with Crippen molar-refractivity contribution in [3.05, 3.63) is 28.8 Å². The Labute approximate surface area is 137 Å². The second-order valence-corrected chi connectivity index (χ2v) is 7.19. The first-order valence-corrected chi connectivity index (χ1v) is 7.40. The number of nitrogens with one attached hydrogen (secondary N) is 1. The van der Waals surface area contributed by atoms with Gasteiger partial charge in [-0.2, -0.15) is 0 Å². The van der Waals surface area contributed by atoms with Crippen molar-refractivity contribution < 1.29 is 14.3 Å². The maximum atomic E-state index is 11.8. The minimum atomic E-state index is -1.11. The summed E-state index contributed by atoms with van der Waals surface area (Å²) in [6, 6.07) is 5.12. The second-order valence-electron chi connectivity index (χ2n) is 5.30. The van der Waals surface area contributed by atoms with Crippen LogP contribution in [0.1, 0.15) is 18.9 Å². The summed E-state index contributed by atoms with van der Waals surface area (Å²) in [5, 5.41) is 3.14. The molecule has 1 aromatic rings. The Balaban J connectivity index is 1.85. The van der Waals surface area contributed by atoms with Gasteiger partial charge in [-0.15, -0.1) is 23.2 Å². The summed E-state index contributed by atoms with van der Waals surface area (Å²) in [4.78, 5) is 23.5. The molecule has 0 bridgehead atoms. The molecular formula is C14H14Cl3NO3. The Hall–Kier alpha value is -0.970. The van der Waals surface area contributed by atoms with Gasteiger partial charge in [0, 0.05) is 17.1 Å². The highest BCUT2D eigenvalue weighted by molar-refractivity contribution is 6.53. The van der Waals surface area contributed by atoms with Crippen molar-refractivity contribution >= 4 is 52.4 Å². The lowest BCUT2D eigenvalue weighted by atomic mass is 10.1. The fourth-order valence-corrected chi connectivity index (χ4v) is 2.65. The Morgan fingerprint density at radius 3 is 2.52 bits per heavy atom. The van der Waals surface area contributed by atoms with Crippen molar-refractivity contribution in [3.63, 3.8) is 0 Å². The predicted molar refractivity (Wildman–Crippen MR) is 82.9 cm³/mol. The number of amides is 1. The normalized spacial score (nSPS) is 22.5. The van der Waals surface area contributed by atoms with Crippen molar-refractivity contribution in [1.29, 1.82) is 0 Å². The summed E-state index contributed by atoms with van der Waals surface area (Å²) in [5.74, 6) is -1.04. The lowest BCUT2D eigenvalue weighted by molar-refractivity contribution is -0.152. The maximum absolute atomic E-state index is 11.8. The Bertz CT molecular complexity index is 603. The van der Waals surface area contributed by atoms with E-state index in [0.29, 0.717) is 17.1 Å². The molecule has 0 radical (unpaired) electrons. The van der Waals surface area contributed by atoms with Gasteiger partial charge in [0.1, 0.15) is 9.75 Å². The minimum Gasteiger partial charge on any atom is -0.455 e. The fourth-order valence-electron chi connectivity index (χ4n) is 1.78. The van der Waals surface area contributed by atoms with Gasteiger partial charge >= 0.3 is 5.97 Å². The van der Waals surface area contributed by atoms with Crippen LogP contribution in [0.3, 0.4) is 0 Å². The number of carbonyl (C=O) groups is 2. The van der Waals surface area contributed by atoms with Gasteiger partial charge in [0.15, 0.2) is 6.61 Å². The van der Waals surface area contributed by atoms with Gasteiger partial charge in [0.25, 0.3) is 5.91 Å². The number of hydrogen-bond acceptors (Lipinski definition) is 3. The van der Waals surface area contributed by atoms with Crippen LogP contribution < -0.4 is 5.32 Å². The molecule has 0 spiro atoms. The van der Waals surface area contributed by atoms with Gasteiger partial charge in [-0.25, -0.2) is 0 Å². The quantitative estimate of drug-likeness (QED) is 0.665. The Morgan fingerprint density at radius 1 is 1.38 bits per heavy atom. The van der Waals surface area contributed by atoms with Crippen molar-refractivity contribution in [1.82, 2.24) is 0 Å². The van der Waals surface area contributed by atoms with E-state index >= 15 is 0 Å². The average molecular weight is 351 g/mol. The molecule has 114 valence electrons. The van der Waals surface area contributed by atoms with E-state index in [9.17, 15) is 9.59 Å². The molecule has 1 N–H and O–H groups in total. The molecule has 21 heavy (non-hydrogen) atoms. The van der Waals surface area contributed by atoms with E-state index in [1.165, 1.54) is 0 Å². The number of carbonyl (C=O) groups excluding carboxylic acids is 2. The van der Waals surface area contributed by atoms with Gasteiger partial charge in [-0.1, -0.05) is 17.7 Å². The van der Waals surface area contributed by atoms with Crippen LogP contribution in [0.2, 0.25) is 5.02 Å². The number of benzene rings is 1. The summed E-state index contributed by atoms with van der Waals surface area (Å²) < 4.78 is 3.83. The third kappa shape index (κ3) is 3.44. The van der Waals surface area contributed by atoms with Crippen molar-refractivity contribution in [2.75, 3.05) is 11.9 Å². The van der Waals surface area contributed by atoms with Crippen LogP contribution in [-0.2, 0) is 14.3 Å². The number of esters is 1. The molecule has 0 heterocycles. The van der Waals surface area contributed by atoms with Crippen LogP contribution in [0.25, 0.3) is 0 Å². The summed E-state index contributed by atoms with van der Waals surface area (Å²) in [6.07, 6.45) is 0.317. The topological polar surface area (TPSA) is 55.4 Å². The van der Waals surface area contributed by atoms with Crippen LogP contribution in [0.5, 0.6) is 0 Å². The molecule has 1 aliphatic rings. The first-order valence-electron chi connectivity index (χ1n) is 6.27. The second kappa shape index (κ2) is 5.67. The number of rotatable bonds is 4. The average Bonchev–Trinajstić information content (AvgIpc) is 2.91. The summed E-state index contributed by atoms with van der Waals surface area (Å²) >= 11 is 17.7. The lowest BCUT2D eigenvalue weighted by Gasteiger charge is -2.12. The van der Waals surface area contributed by atoms with E-state index in [-0.39, 0.29) is 0 Å². The lowest BCUT2D eigenvalue weighted by Crippen LogP contribution is -2.26. The number of hydrogen-bond donors (Lipinski definition) is 1. The third-order valence-corrected chi connectivity index (χ3v) is 5.01. The standard InChI is InChI=1S/C14H14Cl3NO3/c1-8-3-4-9(5-10(8)15)18-11(19)6-21-12(20)13(2)7-14(13,16)17/h3-5H,6-7H2,1-2H3,(H,18,19)/t13-/m0/s1. The first-order chi connectivity index (χ1) is 9.65. The molecule has 4 nitrogen and oxygen atoms in total. The van der Waals surface area contributed by atoms with Crippen LogP contribution in [0.4, 0.5) is 5.69 Å². The minimum absolute atomic E-state index is 0.317. The molecular weight excluding hydrogens is 337 g/mol. The van der Waals surface area contributed by atoms with Gasteiger partial charge in [0.2, 0.25) is 0 Å². The first kappa shape index (κ1) is 16.4. The molecule has 1 fully saturated rings. The molecule has 1 saturated carbocycles. The van der Waals surface area contributed by atoms with E-state index in [4.69, 9.17) is 39.5 Å². The number of ether oxygens (including phenoxy) is 1. The molecule has 2 rings (SSSR count). The Kier molecular flexibility index (Phi) is 4.43. The molecule has 1 amide bonds. The maximum Gasteiger partial charge on any atom is 0.315 e. The number of anilines is 1. The third-order valence-electron chi connectivity index (χ3n) is 3.50. The van der Waals surface area contributed by atoms with Crippen LogP contribution in [-0.4, -0.2) is 22.8 Å². The highest BCUT2D eigenvalue weighted by atomic mass is 35.5. The number of alkyl halides is 2. The smallest absolute Gasteiger partial charge is 0.315 e. The predicted octanol–water partition coefficient (Wildman–Crippen LogP) is 3.71. The zero-order chi connectivity index (χ0) is 15.8.